The Bertz CT molecular complexity index is 363. The maximum atomic E-state index is 11.9. The summed E-state index contributed by atoms with van der Waals surface area (Å²) in [5.74, 6) is 0. The molecule has 1 aromatic rings. The Kier molecular flexibility index (Phi) is 21.6. The molecule has 2 fully saturated rings. The van der Waals surface area contributed by atoms with Crippen LogP contribution >= 0.6 is 17.4 Å². The van der Waals surface area contributed by atoms with Crippen LogP contribution in [0.2, 0.25) is 0 Å². The predicted octanol–water partition coefficient (Wildman–Crippen LogP) is 5.31. The molecule has 0 unspecified atom stereocenters. The molecule has 3 rings (SSSR count). The molecule has 26 heavy (non-hydrogen) atoms. The van der Waals surface area contributed by atoms with Crippen molar-refractivity contribution < 1.29 is 38.5 Å². The van der Waals surface area contributed by atoms with Crippen LogP contribution in [-0.2, 0) is 21.7 Å². The molecule has 0 aromatic heterocycles. The zero-order valence-corrected chi connectivity index (χ0v) is 17.5. The first-order valence-electron chi connectivity index (χ1n) is 8.00. The van der Waals surface area contributed by atoms with Crippen LogP contribution in [0, 0.1) is 30.9 Å². The van der Waals surface area contributed by atoms with Gasteiger partial charge in [0.25, 0.3) is 0 Å². The maximum absolute atomic E-state index is 11.9. The first-order valence-corrected chi connectivity index (χ1v) is 10.4. The van der Waals surface area contributed by atoms with Gasteiger partial charge in [-0.3, -0.25) is 0 Å². The van der Waals surface area contributed by atoms with Crippen LogP contribution in [0.5, 0.6) is 0 Å². The molecule has 0 aliphatic carbocycles. The first kappa shape index (κ1) is 28.3. The molecule has 0 spiro atoms. The van der Waals surface area contributed by atoms with Crippen molar-refractivity contribution in [2.45, 2.75) is 38.5 Å². The second kappa shape index (κ2) is 19.9. The number of piperidine rings is 2. The van der Waals surface area contributed by atoms with E-state index in [9.17, 15) is 16.8 Å². The van der Waals surface area contributed by atoms with Crippen LogP contribution in [-0.4, -0.2) is 35.5 Å². The zero-order chi connectivity index (χ0) is 18.9. The van der Waals surface area contributed by atoms with Crippen LogP contribution < -0.4 is 0 Å². The smallest absolute Gasteiger partial charge is 0 e. The van der Waals surface area contributed by atoms with Gasteiger partial charge in [-0.2, -0.15) is 0 Å². The van der Waals surface area contributed by atoms with Gasteiger partial charge in [-0.1, -0.05) is 12.8 Å². The summed E-state index contributed by atoms with van der Waals surface area (Å²) in [7, 11) is -6.20. The van der Waals surface area contributed by atoms with Gasteiger partial charge in [-0.05, 0) is 42.5 Å². The summed E-state index contributed by atoms with van der Waals surface area (Å²) < 4.78 is 57.9. The van der Waals surface area contributed by atoms with Crippen molar-refractivity contribution in [2.24, 2.45) is 0 Å². The molecule has 0 bridgehead atoms. The molecule has 2 aliphatic rings. The van der Waals surface area contributed by atoms with E-state index in [-0.39, 0.29) is 17.1 Å². The van der Waals surface area contributed by atoms with Gasteiger partial charge >= 0.3 is 28.7 Å². The fraction of sp³-hybridized carbons (Fsp3) is 0.625. The third kappa shape index (κ3) is 15.2. The molecule has 0 saturated carbocycles. The number of rotatable bonds is 2. The van der Waals surface area contributed by atoms with Crippen molar-refractivity contribution in [3.05, 3.63) is 37.0 Å². The fourth-order valence-electron chi connectivity index (χ4n) is 2.31. The standard InChI is InChI=1S/2C5H10F2NP.C5H.CO.Mn/c2*6-9(7)8-4-2-1-3-5-8;1-2-4-5-3-1;1-2;/h2*1-5H2;1H;;/q;;-5;;/p+2. The van der Waals surface area contributed by atoms with Crippen LogP contribution in [0.3, 0.4) is 0 Å². The molecule has 2 heterocycles. The van der Waals surface area contributed by atoms with Gasteiger partial charge in [-0.15, -0.1) is 9.34 Å². The van der Waals surface area contributed by atoms with Gasteiger partial charge in [0.05, 0.1) is 0 Å². The number of hydrogen-bond donors (Lipinski definition) is 0. The van der Waals surface area contributed by atoms with E-state index in [4.69, 9.17) is 4.65 Å². The Morgan fingerprint density at radius 2 is 1.00 bits per heavy atom. The van der Waals surface area contributed by atoms with E-state index < -0.39 is 17.4 Å². The van der Waals surface area contributed by atoms with Gasteiger partial charge in [0.15, 0.2) is 0 Å². The Labute approximate surface area is 167 Å². The summed E-state index contributed by atoms with van der Waals surface area (Å²) in [6.45, 7) is 7.01. The quantitative estimate of drug-likeness (QED) is 0.200. The second-order valence-electron chi connectivity index (χ2n) is 5.26. The largest absolute Gasteiger partial charge is 0.999 e. The third-order valence-electron chi connectivity index (χ3n) is 3.54. The van der Waals surface area contributed by atoms with E-state index in [1.54, 1.807) is 6.07 Å². The normalized spacial score (nSPS) is 17.5. The fourth-order valence-corrected chi connectivity index (χ4v) is 3.61. The zero-order valence-electron chi connectivity index (χ0n) is 14.3. The molecular formula is C16H23F4MnN2OP2-3. The molecule has 10 heteroatoms. The topological polar surface area (TPSA) is 26.4 Å². The molecule has 0 atom stereocenters. The number of nitrogens with zero attached hydrogens (tertiary/aromatic N) is 2. The molecule has 0 amide bonds. The molecule has 3 nitrogen and oxygen atoms in total. The minimum atomic E-state index is -3.10. The van der Waals surface area contributed by atoms with Crippen molar-refractivity contribution in [3.63, 3.8) is 0 Å². The first-order chi connectivity index (χ1) is 12.1. The van der Waals surface area contributed by atoms with E-state index >= 15 is 0 Å². The van der Waals surface area contributed by atoms with Crippen molar-refractivity contribution in [1.29, 1.82) is 0 Å². The van der Waals surface area contributed by atoms with Crippen molar-refractivity contribution in [1.82, 2.24) is 9.34 Å². The Morgan fingerprint density at radius 3 is 1.15 bits per heavy atom. The van der Waals surface area contributed by atoms with E-state index in [0.29, 0.717) is 26.2 Å². The average molecular weight is 452 g/mol. The van der Waals surface area contributed by atoms with Gasteiger partial charge in [0.1, 0.15) is 0 Å². The molecule has 151 valence electrons. The van der Waals surface area contributed by atoms with E-state index in [1.807, 2.05) is 0 Å². The van der Waals surface area contributed by atoms with E-state index in [1.165, 1.54) is 9.34 Å². The van der Waals surface area contributed by atoms with Crippen molar-refractivity contribution >= 4 is 17.4 Å². The molecular weight excluding hydrogens is 429 g/mol. The van der Waals surface area contributed by atoms with E-state index in [0.717, 1.165) is 38.5 Å². The monoisotopic (exact) mass is 452 g/mol. The molecule has 1 radical (unpaired) electrons. The maximum Gasteiger partial charge on any atom is 0 e. The second-order valence-corrected chi connectivity index (χ2v) is 7.49. The van der Waals surface area contributed by atoms with E-state index in [2.05, 4.69) is 30.9 Å². The molecule has 1 aromatic carbocycles. The van der Waals surface area contributed by atoms with Crippen molar-refractivity contribution in [2.75, 3.05) is 26.2 Å². The van der Waals surface area contributed by atoms with Gasteiger partial charge in [0, 0.05) is 43.2 Å². The Morgan fingerprint density at radius 1 is 0.692 bits per heavy atom. The summed E-state index contributed by atoms with van der Waals surface area (Å²) in [6.07, 6.45) is 6.10. The summed E-state index contributed by atoms with van der Waals surface area (Å²) >= 11 is 0. The summed E-state index contributed by atoms with van der Waals surface area (Å²) in [4.78, 5) is 0. The van der Waals surface area contributed by atoms with Crippen molar-refractivity contribution in [3.8, 4) is 0 Å². The third-order valence-corrected chi connectivity index (χ3v) is 5.39. The Hall–Kier alpha value is 0.109. The van der Waals surface area contributed by atoms with Gasteiger partial charge in [-0.25, -0.2) is 0 Å². The average Bonchev–Trinajstić information content (AvgIpc) is 3.25. The summed E-state index contributed by atoms with van der Waals surface area (Å²) in [5, 5.41) is 0. The number of hydrogen-bond acceptors (Lipinski definition) is 2. The predicted molar refractivity (Wildman–Crippen MR) is 93.2 cm³/mol. The van der Waals surface area contributed by atoms with Gasteiger partial charge < -0.3 is 30.3 Å². The molecule has 2 saturated heterocycles. The van der Waals surface area contributed by atoms with Crippen LogP contribution in [0.15, 0.2) is 6.07 Å². The number of halogens is 4. The minimum absolute atomic E-state index is 0. The summed E-state index contributed by atoms with van der Waals surface area (Å²) in [6, 6.07) is 12.0. The van der Waals surface area contributed by atoms with Gasteiger partial charge in [0.2, 0.25) is 0 Å². The minimum Gasteiger partial charge on any atom is -0.999 e. The van der Waals surface area contributed by atoms with Crippen LogP contribution in [0.25, 0.3) is 0 Å². The SMILES string of the molecule is F[PH+](F)N1CCCCC1.F[PH+](F)N1CCCCC1.[C-]#[O+].[Mn].[c-]1[c-][c-][cH-][c-]1. The van der Waals surface area contributed by atoms with Crippen LogP contribution in [0.4, 0.5) is 16.8 Å². The molecule has 2 aliphatic heterocycles. The molecule has 0 N–H and O–H groups in total. The van der Waals surface area contributed by atoms with Crippen LogP contribution in [0.1, 0.15) is 38.5 Å². The summed E-state index contributed by atoms with van der Waals surface area (Å²) in [5.41, 5.74) is 0. The Balaban J connectivity index is 0.